The maximum absolute atomic E-state index is 11.0. The smallest absolute Gasteiger partial charge is 0.328 e. The van der Waals surface area contributed by atoms with Crippen LogP contribution in [0.5, 0.6) is 17.2 Å². The van der Waals surface area contributed by atoms with Gasteiger partial charge in [0.25, 0.3) is 0 Å². The molecule has 0 aliphatic rings. The Bertz CT molecular complexity index is 935. The maximum Gasteiger partial charge on any atom is 0.328 e. The molecule has 29 heavy (non-hydrogen) atoms. The second-order valence-corrected chi connectivity index (χ2v) is 5.34. The van der Waals surface area contributed by atoms with Crippen molar-refractivity contribution in [3.63, 3.8) is 0 Å². The lowest BCUT2D eigenvalue weighted by Crippen LogP contribution is -1.97. The number of aliphatic carboxylic acids is 2. The van der Waals surface area contributed by atoms with E-state index in [0.717, 1.165) is 5.56 Å². The van der Waals surface area contributed by atoms with E-state index in [2.05, 4.69) is 0 Å². The van der Waals surface area contributed by atoms with Gasteiger partial charge in [-0.2, -0.15) is 0 Å². The minimum Gasteiger partial charge on any atom is -0.492 e. The Balaban J connectivity index is 0.000000447. The van der Waals surface area contributed by atoms with E-state index in [0.29, 0.717) is 24.0 Å². The van der Waals surface area contributed by atoms with Crippen molar-refractivity contribution in [2.24, 2.45) is 0 Å². The summed E-state index contributed by atoms with van der Waals surface area (Å²) in [6.07, 6.45) is 1.75. The summed E-state index contributed by atoms with van der Waals surface area (Å²) < 4.78 is 10.7. The summed E-state index contributed by atoms with van der Waals surface area (Å²) in [6.45, 7) is 1.80. The van der Waals surface area contributed by atoms with E-state index in [1.54, 1.807) is 37.3 Å². The van der Waals surface area contributed by atoms with E-state index in [9.17, 15) is 24.5 Å². The molecular formula is C19H17NO9. The van der Waals surface area contributed by atoms with Crippen molar-refractivity contribution >= 4 is 23.9 Å². The molecule has 2 aromatic rings. The van der Waals surface area contributed by atoms with E-state index in [-0.39, 0.29) is 22.9 Å². The fourth-order valence-electron chi connectivity index (χ4n) is 2.04. The number of hydrogen-bond acceptors (Lipinski definition) is 7. The monoisotopic (exact) mass is 403 g/mol. The van der Waals surface area contributed by atoms with Crippen LogP contribution in [0.4, 0.5) is 5.69 Å². The number of aldehydes is 1. The van der Waals surface area contributed by atoms with E-state index in [1.807, 2.05) is 0 Å². The number of hydrogen-bond donors (Lipinski definition) is 2. The van der Waals surface area contributed by atoms with Crippen LogP contribution in [0.1, 0.15) is 15.9 Å². The van der Waals surface area contributed by atoms with Gasteiger partial charge < -0.3 is 19.7 Å². The molecule has 2 N–H and O–H groups in total. The predicted molar refractivity (Wildman–Crippen MR) is 101 cm³/mol. The molecule has 0 spiro atoms. The molecule has 10 heteroatoms. The fourth-order valence-corrected chi connectivity index (χ4v) is 2.04. The standard InChI is InChI=1S/C15H13NO5.C4H4O4/c1-10-6-7-12(16(18)19)14(8-10)21-13-5-3-4-11(9-17)15(13)20-2;5-3(6)1-2-4(7)8/h3-9H,1-2H3;1-2H,(H,5,6)(H,7,8). The number of methoxy groups -OCH3 is 1. The molecule has 0 amide bonds. The molecule has 2 aromatic carbocycles. The number of aryl methyl sites for hydroxylation is 1. The zero-order valence-electron chi connectivity index (χ0n) is 15.4. The zero-order chi connectivity index (χ0) is 22.0. The quantitative estimate of drug-likeness (QED) is 0.307. The summed E-state index contributed by atoms with van der Waals surface area (Å²) >= 11 is 0. The molecule has 2 rings (SSSR count). The van der Waals surface area contributed by atoms with E-state index in [1.165, 1.54) is 13.2 Å². The number of carboxylic acids is 2. The van der Waals surface area contributed by atoms with E-state index >= 15 is 0 Å². The van der Waals surface area contributed by atoms with Crippen LogP contribution in [-0.4, -0.2) is 40.5 Å². The van der Waals surface area contributed by atoms with Crippen molar-refractivity contribution in [3.05, 3.63) is 69.8 Å². The Morgan fingerprint density at radius 1 is 1.07 bits per heavy atom. The van der Waals surface area contributed by atoms with Gasteiger partial charge >= 0.3 is 17.6 Å². The molecule has 0 aliphatic heterocycles. The van der Waals surface area contributed by atoms with Crippen LogP contribution in [0.2, 0.25) is 0 Å². The summed E-state index contributed by atoms with van der Waals surface area (Å²) in [7, 11) is 1.40. The van der Waals surface area contributed by atoms with Gasteiger partial charge in [-0.1, -0.05) is 12.1 Å². The summed E-state index contributed by atoms with van der Waals surface area (Å²) in [4.78, 5) is 40.6. The molecular weight excluding hydrogens is 386 g/mol. The van der Waals surface area contributed by atoms with Gasteiger partial charge in [0.2, 0.25) is 5.75 Å². The number of carbonyl (C=O) groups excluding carboxylic acids is 1. The van der Waals surface area contributed by atoms with Crippen LogP contribution in [0.3, 0.4) is 0 Å². The average Bonchev–Trinajstić information content (AvgIpc) is 2.66. The van der Waals surface area contributed by atoms with Crippen molar-refractivity contribution in [1.29, 1.82) is 0 Å². The first-order valence-corrected chi connectivity index (χ1v) is 7.88. The molecule has 0 unspecified atom stereocenters. The number of rotatable bonds is 7. The highest BCUT2D eigenvalue weighted by molar-refractivity contribution is 5.89. The van der Waals surface area contributed by atoms with Gasteiger partial charge in [0.05, 0.1) is 17.6 Å². The topological polar surface area (TPSA) is 153 Å². The van der Waals surface area contributed by atoms with Gasteiger partial charge in [-0.05, 0) is 30.7 Å². The highest BCUT2D eigenvalue weighted by Gasteiger charge is 2.18. The van der Waals surface area contributed by atoms with Gasteiger partial charge in [-0.15, -0.1) is 0 Å². The number of nitro benzene ring substituents is 1. The second kappa shape index (κ2) is 10.8. The minimum absolute atomic E-state index is 0.0985. The van der Waals surface area contributed by atoms with Crippen molar-refractivity contribution in [2.75, 3.05) is 7.11 Å². The fraction of sp³-hybridized carbons (Fsp3) is 0.105. The molecule has 0 saturated heterocycles. The lowest BCUT2D eigenvalue weighted by Gasteiger charge is -2.12. The molecule has 0 bridgehead atoms. The summed E-state index contributed by atoms with van der Waals surface area (Å²) in [5.41, 5.74) is 0.977. The molecule has 0 radical (unpaired) electrons. The van der Waals surface area contributed by atoms with Crippen LogP contribution in [0.25, 0.3) is 0 Å². The minimum atomic E-state index is -1.26. The molecule has 10 nitrogen and oxygen atoms in total. The number of carbonyl (C=O) groups is 3. The van der Waals surface area contributed by atoms with Crippen LogP contribution in [0, 0.1) is 17.0 Å². The highest BCUT2D eigenvalue weighted by Crippen LogP contribution is 2.37. The Kier molecular flexibility index (Phi) is 8.52. The van der Waals surface area contributed by atoms with Crippen LogP contribution in [0.15, 0.2) is 48.6 Å². The summed E-state index contributed by atoms with van der Waals surface area (Å²) in [5, 5.41) is 26.7. The first kappa shape index (κ1) is 22.8. The van der Waals surface area contributed by atoms with Crippen LogP contribution in [-0.2, 0) is 9.59 Å². The largest absolute Gasteiger partial charge is 0.492 e. The number of ether oxygens (including phenoxy) is 2. The molecule has 0 aromatic heterocycles. The van der Waals surface area contributed by atoms with Crippen molar-refractivity contribution < 1.29 is 39.0 Å². The highest BCUT2D eigenvalue weighted by atomic mass is 16.6. The summed E-state index contributed by atoms with van der Waals surface area (Å²) in [5.74, 6) is -1.93. The van der Waals surface area contributed by atoms with Crippen molar-refractivity contribution in [3.8, 4) is 17.2 Å². The van der Waals surface area contributed by atoms with Crippen LogP contribution < -0.4 is 9.47 Å². The number of carboxylic acid groups (broad SMARTS) is 2. The van der Waals surface area contributed by atoms with E-state index < -0.39 is 16.9 Å². The van der Waals surface area contributed by atoms with Gasteiger partial charge in [0.1, 0.15) is 0 Å². The first-order chi connectivity index (χ1) is 13.7. The Hall–Kier alpha value is -4.21. The predicted octanol–water partition coefficient (Wildman–Crippen LogP) is 3.23. The van der Waals surface area contributed by atoms with Crippen LogP contribution >= 0.6 is 0 Å². The normalized spacial score (nSPS) is 9.86. The molecule has 0 fully saturated rings. The van der Waals surface area contributed by atoms with Gasteiger partial charge in [-0.25, -0.2) is 9.59 Å². The Morgan fingerprint density at radius 3 is 2.17 bits per heavy atom. The average molecular weight is 403 g/mol. The van der Waals surface area contributed by atoms with Gasteiger partial charge in [-0.3, -0.25) is 14.9 Å². The molecule has 0 aliphatic carbocycles. The lowest BCUT2D eigenvalue weighted by molar-refractivity contribution is -0.385. The third kappa shape index (κ3) is 7.13. The molecule has 0 heterocycles. The van der Waals surface area contributed by atoms with Gasteiger partial charge in [0, 0.05) is 18.2 Å². The number of para-hydroxylation sites is 1. The van der Waals surface area contributed by atoms with E-state index in [4.69, 9.17) is 19.7 Å². The molecule has 0 atom stereocenters. The van der Waals surface area contributed by atoms with Gasteiger partial charge in [0.15, 0.2) is 17.8 Å². The maximum atomic E-state index is 11.0. The number of benzene rings is 2. The number of nitro groups is 1. The lowest BCUT2D eigenvalue weighted by atomic mass is 10.2. The van der Waals surface area contributed by atoms with Crippen molar-refractivity contribution in [2.45, 2.75) is 6.92 Å². The third-order valence-corrected chi connectivity index (χ3v) is 3.24. The zero-order valence-corrected chi connectivity index (χ0v) is 15.4. The first-order valence-electron chi connectivity index (χ1n) is 7.88. The van der Waals surface area contributed by atoms with Crippen molar-refractivity contribution in [1.82, 2.24) is 0 Å². The number of nitrogens with zero attached hydrogens (tertiary/aromatic N) is 1. The second-order valence-electron chi connectivity index (χ2n) is 5.34. The molecule has 0 saturated carbocycles. The molecule has 152 valence electrons. The third-order valence-electron chi connectivity index (χ3n) is 3.24. The SMILES string of the molecule is COc1c(C=O)cccc1Oc1cc(C)ccc1[N+](=O)[O-].O=C(O)C=CC(=O)O. The Morgan fingerprint density at radius 2 is 1.69 bits per heavy atom. The Labute approximate surface area is 164 Å². The summed E-state index contributed by atoms with van der Waals surface area (Å²) in [6, 6.07) is 9.33.